The van der Waals surface area contributed by atoms with Crippen LogP contribution in [0.1, 0.15) is 31.2 Å². The lowest BCUT2D eigenvalue weighted by molar-refractivity contribution is -0.132. The van der Waals surface area contributed by atoms with E-state index in [1.165, 1.54) is 0 Å². The Bertz CT molecular complexity index is 792. The summed E-state index contributed by atoms with van der Waals surface area (Å²) < 4.78 is 7.65. The number of piperidine rings is 1. The average molecular weight is 324 g/mol. The highest BCUT2D eigenvalue weighted by atomic mass is 16.3. The van der Waals surface area contributed by atoms with E-state index in [-0.39, 0.29) is 11.9 Å². The van der Waals surface area contributed by atoms with Gasteiger partial charge in [0.15, 0.2) is 11.5 Å². The van der Waals surface area contributed by atoms with Gasteiger partial charge in [0, 0.05) is 38.3 Å². The van der Waals surface area contributed by atoms with Gasteiger partial charge in [-0.25, -0.2) is 4.98 Å². The molecule has 1 fully saturated rings. The van der Waals surface area contributed by atoms with Crippen LogP contribution in [0.3, 0.4) is 0 Å². The summed E-state index contributed by atoms with van der Waals surface area (Å²) in [6, 6.07) is 9.88. The number of benzene rings is 1. The topological polar surface area (TPSA) is 64.2 Å². The maximum Gasteiger partial charge on any atom is 0.223 e. The van der Waals surface area contributed by atoms with Crippen LogP contribution in [0.5, 0.6) is 0 Å². The number of carbonyl (C=O) groups is 1. The molecule has 24 heavy (non-hydrogen) atoms. The summed E-state index contributed by atoms with van der Waals surface area (Å²) in [5.74, 6) is 0.791. The summed E-state index contributed by atoms with van der Waals surface area (Å²) in [6.07, 6.45) is 6.80. The second-order valence-corrected chi connectivity index (χ2v) is 6.20. The molecule has 0 bridgehead atoms. The van der Waals surface area contributed by atoms with Crippen LogP contribution in [0, 0.1) is 0 Å². The summed E-state index contributed by atoms with van der Waals surface area (Å²) >= 11 is 0. The first kappa shape index (κ1) is 14.9. The molecule has 3 heterocycles. The average Bonchev–Trinajstić information content (AvgIpc) is 3.29. The van der Waals surface area contributed by atoms with E-state index in [2.05, 4.69) is 10.1 Å². The predicted octanol–water partition coefficient (Wildman–Crippen LogP) is 2.82. The fourth-order valence-corrected chi connectivity index (χ4v) is 3.29. The molecule has 0 aliphatic carbocycles. The van der Waals surface area contributed by atoms with Crippen LogP contribution < -0.4 is 0 Å². The Balaban J connectivity index is 1.37. The molecule has 1 aliphatic heterocycles. The van der Waals surface area contributed by atoms with Crippen molar-refractivity contribution in [2.45, 2.75) is 31.7 Å². The molecule has 3 aromatic rings. The Kier molecular flexibility index (Phi) is 4.02. The number of likely N-dealkylation sites (tertiary alicyclic amines) is 1. The summed E-state index contributed by atoms with van der Waals surface area (Å²) in [4.78, 5) is 18.9. The fourth-order valence-electron chi connectivity index (χ4n) is 3.29. The van der Waals surface area contributed by atoms with Gasteiger partial charge < -0.3 is 9.32 Å². The lowest BCUT2D eigenvalue weighted by Gasteiger charge is -2.32. The highest BCUT2D eigenvalue weighted by Gasteiger charge is 2.25. The number of aromatic nitrogens is 3. The molecule has 124 valence electrons. The van der Waals surface area contributed by atoms with Crippen LogP contribution in [0.4, 0.5) is 0 Å². The van der Waals surface area contributed by atoms with Crippen molar-refractivity contribution in [2.75, 3.05) is 13.1 Å². The van der Waals surface area contributed by atoms with Gasteiger partial charge in [0.05, 0.1) is 6.04 Å². The normalized spacial score (nSPS) is 18.2. The van der Waals surface area contributed by atoms with E-state index < -0.39 is 0 Å². The first-order valence-electron chi connectivity index (χ1n) is 8.41. The molecular formula is C18H20N4O2. The van der Waals surface area contributed by atoms with Gasteiger partial charge in [0.25, 0.3) is 0 Å². The molecule has 1 saturated heterocycles. The molecule has 0 unspecified atom stereocenters. The summed E-state index contributed by atoms with van der Waals surface area (Å²) in [7, 11) is 0. The van der Waals surface area contributed by atoms with Crippen molar-refractivity contribution in [3.8, 4) is 0 Å². The van der Waals surface area contributed by atoms with Crippen LogP contribution in [-0.2, 0) is 11.2 Å². The number of oxazole rings is 1. The Labute approximate surface area is 140 Å². The summed E-state index contributed by atoms with van der Waals surface area (Å²) in [5.41, 5.74) is 1.62. The number of carbonyl (C=O) groups excluding carboxylic acids is 1. The molecule has 6 nitrogen and oxygen atoms in total. The number of hydrogen-bond acceptors (Lipinski definition) is 4. The lowest BCUT2D eigenvalue weighted by Crippen LogP contribution is -2.40. The van der Waals surface area contributed by atoms with Crippen molar-refractivity contribution in [1.29, 1.82) is 0 Å². The van der Waals surface area contributed by atoms with Gasteiger partial charge in [0.2, 0.25) is 5.91 Å². The van der Waals surface area contributed by atoms with Crippen molar-refractivity contribution < 1.29 is 9.21 Å². The zero-order chi connectivity index (χ0) is 16.4. The number of fused-ring (bicyclic) bond motifs is 1. The third-order valence-corrected chi connectivity index (χ3v) is 4.54. The van der Waals surface area contributed by atoms with E-state index in [4.69, 9.17) is 4.42 Å². The van der Waals surface area contributed by atoms with Gasteiger partial charge in [-0.3, -0.25) is 9.48 Å². The highest BCUT2D eigenvalue weighted by Crippen LogP contribution is 2.22. The van der Waals surface area contributed by atoms with Crippen molar-refractivity contribution in [3.05, 3.63) is 48.6 Å². The van der Waals surface area contributed by atoms with Crippen molar-refractivity contribution >= 4 is 17.0 Å². The molecule has 1 aromatic carbocycles. The third-order valence-electron chi connectivity index (χ3n) is 4.54. The van der Waals surface area contributed by atoms with E-state index in [1.54, 1.807) is 6.20 Å². The first-order valence-corrected chi connectivity index (χ1v) is 8.41. The molecule has 0 radical (unpaired) electrons. The molecule has 6 heteroatoms. The molecule has 0 N–H and O–H groups in total. The minimum Gasteiger partial charge on any atom is -0.441 e. The van der Waals surface area contributed by atoms with Gasteiger partial charge in [-0.15, -0.1) is 0 Å². The molecule has 1 aliphatic rings. The van der Waals surface area contributed by atoms with Crippen molar-refractivity contribution in [1.82, 2.24) is 19.7 Å². The zero-order valence-electron chi connectivity index (χ0n) is 13.5. The molecule has 2 aromatic heterocycles. The molecule has 0 saturated carbocycles. The Morgan fingerprint density at radius 3 is 3.04 bits per heavy atom. The highest BCUT2D eigenvalue weighted by molar-refractivity contribution is 5.77. The molecule has 1 atom stereocenters. The van der Waals surface area contributed by atoms with Gasteiger partial charge in [-0.1, -0.05) is 12.1 Å². The van der Waals surface area contributed by atoms with E-state index >= 15 is 0 Å². The summed E-state index contributed by atoms with van der Waals surface area (Å²) in [5, 5.41) is 4.31. The first-order chi connectivity index (χ1) is 11.8. The molecule has 0 spiro atoms. The number of aryl methyl sites for hydroxylation is 1. The van der Waals surface area contributed by atoms with E-state index in [0.717, 1.165) is 37.0 Å². The van der Waals surface area contributed by atoms with Gasteiger partial charge in [0.1, 0.15) is 5.52 Å². The molecule has 1 amide bonds. The SMILES string of the molecule is O=C(CCc1nc2ccccc2o1)N1CCC[C@@H](n2cccn2)C1. The predicted molar refractivity (Wildman–Crippen MR) is 89.4 cm³/mol. The quantitative estimate of drug-likeness (QED) is 0.740. The maximum absolute atomic E-state index is 12.5. The van der Waals surface area contributed by atoms with E-state index in [1.807, 2.05) is 46.1 Å². The minimum absolute atomic E-state index is 0.161. The smallest absolute Gasteiger partial charge is 0.223 e. The van der Waals surface area contributed by atoms with Crippen LogP contribution in [0.25, 0.3) is 11.1 Å². The van der Waals surface area contributed by atoms with E-state index in [9.17, 15) is 4.79 Å². The maximum atomic E-state index is 12.5. The summed E-state index contributed by atoms with van der Waals surface area (Å²) in [6.45, 7) is 1.55. The number of amides is 1. The number of rotatable bonds is 4. The fraction of sp³-hybridized carbons (Fsp3) is 0.389. The van der Waals surface area contributed by atoms with Crippen LogP contribution in [-0.4, -0.2) is 38.7 Å². The molecule has 4 rings (SSSR count). The number of hydrogen-bond donors (Lipinski definition) is 0. The van der Waals surface area contributed by atoms with Crippen LogP contribution in [0.15, 0.2) is 47.1 Å². The number of para-hydroxylation sites is 2. The van der Waals surface area contributed by atoms with Gasteiger partial charge >= 0.3 is 0 Å². The van der Waals surface area contributed by atoms with Crippen LogP contribution in [0.2, 0.25) is 0 Å². The largest absolute Gasteiger partial charge is 0.441 e. The standard InChI is InChI=1S/C18H20N4O2/c23-18(9-8-17-20-15-6-1-2-7-16(15)24-17)21-11-3-5-14(13-21)22-12-4-10-19-22/h1-2,4,6-7,10,12,14H,3,5,8-9,11,13H2/t14-/m1/s1. The minimum atomic E-state index is 0.161. The Morgan fingerprint density at radius 1 is 1.29 bits per heavy atom. The van der Waals surface area contributed by atoms with Crippen molar-refractivity contribution in [2.24, 2.45) is 0 Å². The second kappa shape index (κ2) is 6.47. The lowest BCUT2D eigenvalue weighted by atomic mass is 10.1. The monoisotopic (exact) mass is 324 g/mol. The van der Waals surface area contributed by atoms with Crippen molar-refractivity contribution in [3.63, 3.8) is 0 Å². The Hall–Kier alpha value is -2.63. The van der Waals surface area contributed by atoms with Gasteiger partial charge in [-0.05, 0) is 31.0 Å². The van der Waals surface area contributed by atoms with Gasteiger partial charge in [-0.2, -0.15) is 5.10 Å². The second-order valence-electron chi connectivity index (χ2n) is 6.20. The number of nitrogens with zero attached hydrogens (tertiary/aromatic N) is 4. The third kappa shape index (κ3) is 3.04. The zero-order valence-corrected chi connectivity index (χ0v) is 13.5. The van der Waals surface area contributed by atoms with E-state index in [0.29, 0.717) is 18.7 Å². The van der Waals surface area contributed by atoms with Crippen LogP contribution >= 0.6 is 0 Å². The Morgan fingerprint density at radius 2 is 2.21 bits per heavy atom. The molecular weight excluding hydrogens is 304 g/mol.